The van der Waals surface area contributed by atoms with Crippen LogP contribution in [-0.2, 0) is 21.2 Å². The predicted molar refractivity (Wildman–Crippen MR) is 127 cm³/mol. The number of thiophene rings is 1. The van der Waals surface area contributed by atoms with Crippen LogP contribution in [0, 0.1) is 10.1 Å². The molecule has 0 spiro atoms. The zero-order valence-corrected chi connectivity index (χ0v) is 19.4. The number of nitrogens with zero attached hydrogens (tertiary/aromatic N) is 3. The van der Waals surface area contributed by atoms with Crippen LogP contribution in [0.3, 0.4) is 0 Å². The number of benzene rings is 1. The van der Waals surface area contributed by atoms with E-state index in [0.29, 0.717) is 21.3 Å². The van der Waals surface area contributed by atoms with Gasteiger partial charge in [-0.15, -0.1) is 11.3 Å². The van der Waals surface area contributed by atoms with E-state index in [9.17, 15) is 23.3 Å². The van der Waals surface area contributed by atoms with Crippen molar-refractivity contribution in [3.8, 4) is 11.1 Å². The summed E-state index contributed by atoms with van der Waals surface area (Å²) in [5.41, 5.74) is 0.851. The van der Waals surface area contributed by atoms with Gasteiger partial charge in [-0.05, 0) is 42.8 Å². The Morgan fingerprint density at radius 3 is 2.64 bits per heavy atom. The molecule has 1 aliphatic rings. The summed E-state index contributed by atoms with van der Waals surface area (Å²) in [6.07, 6.45) is 3.21. The molecule has 0 aliphatic carbocycles. The Hall–Kier alpha value is -3.28. The maximum Gasteiger partial charge on any atom is 0.277 e. The fourth-order valence-electron chi connectivity index (χ4n) is 3.30. The molecule has 3 heterocycles. The molecule has 12 heteroatoms. The smallest absolute Gasteiger partial charge is 0.277 e. The highest BCUT2D eigenvalue weighted by molar-refractivity contribution is 7.89. The molecule has 1 aromatic carbocycles. The van der Waals surface area contributed by atoms with Crippen LogP contribution in [0.2, 0.25) is 4.34 Å². The second-order valence-electron chi connectivity index (χ2n) is 7.09. The van der Waals surface area contributed by atoms with Crippen molar-refractivity contribution in [1.82, 2.24) is 9.71 Å². The van der Waals surface area contributed by atoms with Gasteiger partial charge in [0.2, 0.25) is 10.0 Å². The van der Waals surface area contributed by atoms with E-state index >= 15 is 0 Å². The molecule has 170 valence electrons. The predicted octanol–water partition coefficient (Wildman–Crippen LogP) is 3.76. The monoisotopic (exact) mass is 504 g/mol. The highest BCUT2D eigenvalue weighted by Crippen LogP contribution is 2.30. The second-order valence-corrected chi connectivity index (χ2v) is 10.7. The number of anilines is 1. The van der Waals surface area contributed by atoms with Gasteiger partial charge in [-0.1, -0.05) is 23.7 Å². The number of hydrogen-bond acceptors (Lipinski definition) is 7. The maximum absolute atomic E-state index is 12.7. The summed E-state index contributed by atoms with van der Waals surface area (Å²) in [5.74, 6) is -0.401. The number of para-hydroxylation sites is 1. The van der Waals surface area contributed by atoms with E-state index in [0.717, 1.165) is 4.88 Å². The number of carbonyl (C=O) groups is 1. The summed E-state index contributed by atoms with van der Waals surface area (Å²) in [7, 11) is -3.73. The maximum atomic E-state index is 12.7. The second kappa shape index (κ2) is 9.30. The SMILES string of the molecule is O=C1C(NS(=O)(=O)CCc2ccc(Cl)s2)=CCN1c1ccc(-c2ccccc2[N+](=O)[O-])cn1. The van der Waals surface area contributed by atoms with Gasteiger partial charge in [-0.3, -0.25) is 24.5 Å². The Morgan fingerprint density at radius 1 is 1.18 bits per heavy atom. The molecule has 0 unspecified atom stereocenters. The van der Waals surface area contributed by atoms with Crippen LogP contribution in [0.4, 0.5) is 11.5 Å². The number of amides is 1. The van der Waals surface area contributed by atoms with Gasteiger partial charge in [0, 0.05) is 29.2 Å². The van der Waals surface area contributed by atoms with Gasteiger partial charge in [-0.2, -0.15) is 0 Å². The van der Waals surface area contributed by atoms with Gasteiger partial charge in [0.25, 0.3) is 11.6 Å². The normalized spacial score (nSPS) is 13.8. The quantitative estimate of drug-likeness (QED) is 0.368. The molecule has 0 atom stereocenters. The van der Waals surface area contributed by atoms with E-state index in [1.54, 1.807) is 42.5 Å². The zero-order valence-electron chi connectivity index (χ0n) is 17.0. The summed E-state index contributed by atoms with van der Waals surface area (Å²) in [5, 5.41) is 11.3. The summed E-state index contributed by atoms with van der Waals surface area (Å²) >= 11 is 7.17. The third kappa shape index (κ3) is 5.21. The van der Waals surface area contributed by atoms with Gasteiger partial charge in [0.05, 0.1) is 20.6 Å². The van der Waals surface area contributed by atoms with Crippen molar-refractivity contribution in [1.29, 1.82) is 0 Å². The van der Waals surface area contributed by atoms with E-state index in [-0.39, 0.29) is 30.1 Å². The molecule has 3 aromatic rings. The van der Waals surface area contributed by atoms with Gasteiger partial charge in [0.15, 0.2) is 0 Å². The number of rotatable bonds is 8. The van der Waals surface area contributed by atoms with E-state index in [4.69, 9.17) is 11.6 Å². The summed E-state index contributed by atoms with van der Waals surface area (Å²) < 4.78 is 27.8. The first-order chi connectivity index (χ1) is 15.7. The number of nitro benzene ring substituents is 1. The topological polar surface area (TPSA) is 123 Å². The van der Waals surface area contributed by atoms with Crippen molar-refractivity contribution in [2.45, 2.75) is 6.42 Å². The van der Waals surface area contributed by atoms with Crippen LogP contribution in [0.25, 0.3) is 11.1 Å². The van der Waals surface area contributed by atoms with E-state index < -0.39 is 20.9 Å². The first kappa shape index (κ1) is 22.9. The average molecular weight is 505 g/mol. The number of aryl methyl sites for hydroxylation is 1. The van der Waals surface area contributed by atoms with Gasteiger partial charge < -0.3 is 0 Å². The minimum atomic E-state index is -3.73. The molecule has 2 aromatic heterocycles. The standard InChI is InChI=1S/C21H17ClN4O5S2/c22-19-7-6-15(32-19)10-12-33(30,31)24-17-9-11-25(21(17)27)20-8-5-14(13-23-20)16-3-1-2-4-18(16)26(28)29/h1-9,13,24H,10-12H2. The number of pyridine rings is 1. The molecule has 1 amide bonds. The molecule has 33 heavy (non-hydrogen) atoms. The Labute approximate surface area is 198 Å². The number of halogens is 1. The number of aromatic nitrogens is 1. The summed E-state index contributed by atoms with van der Waals surface area (Å²) in [4.78, 5) is 29.9. The molecule has 9 nitrogen and oxygen atoms in total. The first-order valence-corrected chi connectivity index (χ1v) is 12.5. The number of nitro groups is 1. The van der Waals surface area contributed by atoms with Crippen LogP contribution in [0.15, 0.2) is 66.5 Å². The fourth-order valence-corrected chi connectivity index (χ4v) is 5.62. The molecule has 0 saturated carbocycles. The van der Waals surface area contributed by atoms with E-state index in [1.165, 1.54) is 34.6 Å². The summed E-state index contributed by atoms with van der Waals surface area (Å²) in [6.45, 7) is 0.148. The largest absolute Gasteiger partial charge is 0.287 e. The third-order valence-corrected chi connectivity index (χ3v) is 7.46. The first-order valence-electron chi connectivity index (χ1n) is 9.70. The van der Waals surface area contributed by atoms with Crippen LogP contribution in [0.5, 0.6) is 0 Å². The van der Waals surface area contributed by atoms with Gasteiger partial charge >= 0.3 is 0 Å². The molecule has 0 saturated heterocycles. The Balaban J connectivity index is 1.43. The van der Waals surface area contributed by atoms with Gasteiger partial charge in [0.1, 0.15) is 11.5 Å². The lowest BCUT2D eigenvalue weighted by atomic mass is 10.1. The van der Waals surface area contributed by atoms with Crippen molar-refractivity contribution in [3.63, 3.8) is 0 Å². The molecule has 0 radical (unpaired) electrons. The Morgan fingerprint density at radius 2 is 1.97 bits per heavy atom. The van der Waals surface area contributed by atoms with Gasteiger partial charge in [-0.25, -0.2) is 13.4 Å². The zero-order chi connectivity index (χ0) is 23.6. The third-order valence-electron chi connectivity index (χ3n) is 4.90. The number of sulfonamides is 1. The number of hydrogen-bond donors (Lipinski definition) is 1. The Bertz CT molecular complexity index is 1350. The average Bonchev–Trinajstić information content (AvgIpc) is 3.37. The van der Waals surface area contributed by atoms with Crippen LogP contribution < -0.4 is 9.62 Å². The minimum Gasteiger partial charge on any atom is -0.287 e. The Kier molecular flexibility index (Phi) is 6.45. The lowest BCUT2D eigenvalue weighted by Crippen LogP contribution is -2.34. The highest BCUT2D eigenvalue weighted by atomic mass is 35.5. The minimum absolute atomic E-state index is 0.0382. The lowest BCUT2D eigenvalue weighted by molar-refractivity contribution is -0.384. The highest BCUT2D eigenvalue weighted by Gasteiger charge is 2.29. The van der Waals surface area contributed by atoms with E-state index in [1.807, 2.05) is 0 Å². The van der Waals surface area contributed by atoms with E-state index in [2.05, 4.69) is 9.71 Å². The lowest BCUT2D eigenvalue weighted by Gasteiger charge is -2.16. The van der Waals surface area contributed by atoms with Crippen molar-refractivity contribution in [2.75, 3.05) is 17.2 Å². The van der Waals surface area contributed by atoms with Crippen LogP contribution in [-0.4, -0.2) is 36.5 Å². The molecule has 1 aliphatic heterocycles. The van der Waals surface area contributed by atoms with Crippen molar-refractivity contribution in [2.24, 2.45) is 0 Å². The molecule has 0 fully saturated rings. The summed E-state index contributed by atoms with van der Waals surface area (Å²) in [6, 6.07) is 13.0. The molecular weight excluding hydrogens is 488 g/mol. The van der Waals surface area contributed by atoms with Crippen LogP contribution >= 0.6 is 22.9 Å². The van der Waals surface area contributed by atoms with Crippen molar-refractivity contribution in [3.05, 3.63) is 85.8 Å². The number of nitrogens with one attached hydrogen (secondary N) is 1. The van der Waals surface area contributed by atoms with Crippen molar-refractivity contribution >= 4 is 50.4 Å². The molecular formula is C21H17ClN4O5S2. The van der Waals surface area contributed by atoms with Crippen LogP contribution in [0.1, 0.15) is 4.88 Å². The molecule has 1 N–H and O–H groups in total. The van der Waals surface area contributed by atoms with Crippen molar-refractivity contribution < 1.29 is 18.1 Å². The molecule has 0 bridgehead atoms. The molecule has 4 rings (SSSR count). The fraction of sp³-hybridized carbons (Fsp3) is 0.143. The number of carbonyl (C=O) groups excluding carboxylic acids is 1.